The molecular formula is C15H25N3O4S. The van der Waals surface area contributed by atoms with Crippen LogP contribution in [0.3, 0.4) is 0 Å². The number of carbonyl (C=O) groups is 1. The maximum atomic E-state index is 12.6. The van der Waals surface area contributed by atoms with Gasteiger partial charge in [-0.05, 0) is 25.1 Å². The first-order valence-corrected chi connectivity index (χ1v) is 8.83. The predicted octanol–water partition coefficient (Wildman–Crippen LogP) is 0.689. The zero-order valence-electron chi connectivity index (χ0n) is 14.0. The van der Waals surface area contributed by atoms with E-state index in [4.69, 9.17) is 10.5 Å². The highest BCUT2D eigenvalue weighted by Crippen LogP contribution is 2.24. The summed E-state index contributed by atoms with van der Waals surface area (Å²) < 4.78 is 31.7. The molecule has 3 N–H and O–H groups in total. The SMILES string of the molecule is CCC(=O)NCc1cc(S(=O)(=O)N(C)C(C)CN)ccc1OC. The van der Waals surface area contributed by atoms with Crippen LogP contribution in [0.1, 0.15) is 25.8 Å². The molecule has 1 amide bonds. The van der Waals surface area contributed by atoms with E-state index in [1.54, 1.807) is 19.9 Å². The van der Waals surface area contributed by atoms with E-state index < -0.39 is 10.0 Å². The van der Waals surface area contributed by atoms with Crippen molar-refractivity contribution in [1.82, 2.24) is 9.62 Å². The summed E-state index contributed by atoms with van der Waals surface area (Å²) in [6.45, 7) is 3.92. The Morgan fingerprint density at radius 2 is 2.09 bits per heavy atom. The van der Waals surface area contributed by atoms with Crippen molar-refractivity contribution >= 4 is 15.9 Å². The highest BCUT2D eigenvalue weighted by molar-refractivity contribution is 7.89. The molecule has 0 spiro atoms. The van der Waals surface area contributed by atoms with Crippen LogP contribution >= 0.6 is 0 Å². The Morgan fingerprint density at radius 1 is 1.43 bits per heavy atom. The molecule has 0 saturated heterocycles. The van der Waals surface area contributed by atoms with Crippen LogP contribution in [0.15, 0.2) is 23.1 Å². The van der Waals surface area contributed by atoms with Crippen molar-refractivity contribution in [2.45, 2.75) is 37.8 Å². The van der Waals surface area contributed by atoms with Crippen LogP contribution in [0.5, 0.6) is 5.75 Å². The number of hydrogen-bond donors (Lipinski definition) is 2. The lowest BCUT2D eigenvalue weighted by atomic mass is 10.2. The molecule has 23 heavy (non-hydrogen) atoms. The van der Waals surface area contributed by atoms with Crippen molar-refractivity contribution in [2.24, 2.45) is 5.73 Å². The fourth-order valence-electron chi connectivity index (χ4n) is 1.92. The van der Waals surface area contributed by atoms with Crippen molar-refractivity contribution in [3.05, 3.63) is 23.8 Å². The van der Waals surface area contributed by atoms with E-state index in [0.717, 1.165) is 0 Å². The van der Waals surface area contributed by atoms with Gasteiger partial charge in [0.25, 0.3) is 0 Å². The number of nitrogens with one attached hydrogen (secondary N) is 1. The second-order valence-electron chi connectivity index (χ2n) is 5.21. The fourth-order valence-corrected chi connectivity index (χ4v) is 3.35. The lowest BCUT2D eigenvalue weighted by Gasteiger charge is -2.23. The zero-order valence-corrected chi connectivity index (χ0v) is 14.8. The van der Waals surface area contributed by atoms with Gasteiger partial charge in [-0.1, -0.05) is 6.92 Å². The van der Waals surface area contributed by atoms with Gasteiger partial charge in [-0.25, -0.2) is 8.42 Å². The second kappa shape index (κ2) is 8.28. The normalized spacial score (nSPS) is 13.0. The van der Waals surface area contributed by atoms with Crippen molar-refractivity contribution in [3.63, 3.8) is 0 Å². The molecule has 0 heterocycles. The molecule has 0 aromatic heterocycles. The molecule has 1 aromatic carbocycles. The molecule has 1 rings (SSSR count). The van der Waals surface area contributed by atoms with Gasteiger partial charge in [0.2, 0.25) is 15.9 Å². The number of rotatable bonds is 8. The quantitative estimate of drug-likeness (QED) is 0.723. The van der Waals surface area contributed by atoms with Crippen LogP contribution < -0.4 is 15.8 Å². The monoisotopic (exact) mass is 343 g/mol. The van der Waals surface area contributed by atoms with Crippen LogP contribution in [0.2, 0.25) is 0 Å². The van der Waals surface area contributed by atoms with Gasteiger partial charge >= 0.3 is 0 Å². The highest BCUT2D eigenvalue weighted by Gasteiger charge is 2.25. The van der Waals surface area contributed by atoms with Gasteiger partial charge in [-0.15, -0.1) is 0 Å². The Morgan fingerprint density at radius 3 is 2.61 bits per heavy atom. The highest BCUT2D eigenvalue weighted by atomic mass is 32.2. The van der Waals surface area contributed by atoms with E-state index in [9.17, 15) is 13.2 Å². The minimum absolute atomic E-state index is 0.116. The van der Waals surface area contributed by atoms with Gasteiger partial charge in [-0.2, -0.15) is 4.31 Å². The lowest BCUT2D eigenvalue weighted by Crippen LogP contribution is -2.39. The Labute approximate surface area is 137 Å². The maximum Gasteiger partial charge on any atom is 0.243 e. The van der Waals surface area contributed by atoms with E-state index in [2.05, 4.69) is 5.32 Å². The summed E-state index contributed by atoms with van der Waals surface area (Å²) >= 11 is 0. The molecule has 1 atom stereocenters. The summed E-state index contributed by atoms with van der Waals surface area (Å²) in [4.78, 5) is 11.6. The van der Waals surface area contributed by atoms with Crippen LogP contribution in [0.25, 0.3) is 0 Å². The largest absolute Gasteiger partial charge is 0.496 e. The van der Waals surface area contributed by atoms with Gasteiger partial charge in [0.15, 0.2) is 0 Å². The van der Waals surface area contributed by atoms with Gasteiger partial charge in [0, 0.05) is 38.2 Å². The summed E-state index contributed by atoms with van der Waals surface area (Å²) in [5.74, 6) is 0.407. The van der Waals surface area contributed by atoms with E-state index in [0.29, 0.717) is 17.7 Å². The Bertz CT molecular complexity index is 646. The van der Waals surface area contributed by atoms with E-state index in [1.807, 2.05) is 0 Å². The Kier molecular flexibility index (Phi) is 6.99. The minimum atomic E-state index is -3.66. The third kappa shape index (κ3) is 4.66. The number of sulfonamides is 1. The topological polar surface area (TPSA) is 102 Å². The Hall–Kier alpha value is -1.64. The first kappa shape index (κ1) is 19.4. The number of ether oxygens (including phenoxy) is 1. The second-order valence-corrected chi connectivity index (χ2v) is 7.21. The number of nitrogens with zero attached hydrogens (tertiary/aromatic N) is 1. The number of methoxy groups -OCH3 is 1. The zero-order chi connectivity index (χ0) is 17.6. The molecule has 0 saturated carbocycles. The molecule has 8 heteroatoms. The van der Waals surface area contributed by atoms with Crippen molar-refractivity contribution < 1.29 is 17.9 Å². The molecule has 0 fully saturated rings. The summed E-state index contributed by atoms with van der Waals surface area (Å²) in [5.41, 5.74) is 6.15. The van der Waals surface area contributed by atoms with Crippen molar-refractivity contribution in [2.75, 3.05) is 20.7 Å². The first-order valence-electron chi connectivity index (χ1n) is 7.39. The number of likely N-dealkylation sites (N-methyl/N-ethyl adjacent to an activating group) is 1. The molecule has 130 valence electrons. The van der Waals surface area contributed by atoms with Crippen molar-refractivity contribution in [3.8, 4) is 5.75 Å². The molecule has 0 bridgehead atoms. The average Bonchev–Trinajstić information content (AvgIpc) is 2.57. The van der Waals surface area contributed by atoms with Crippen molar-refractivity contribution in [1.29, 1.82) is 0 Å². The Balaban J connectivity index is 3.16. The first-order chi connectivity index (χ1) is 10.8. The van der Waals surface area contributed by atoms with Crippen LogP contribution in [0.4, 0.5) is 0 Å². The lowest BCUT2D eigenvalue weighted by molar-refractivity contribution is -0.120. The molecule has 0 aliphatic carbocycles. The van der Waals surface area contributed by atoms with Gasteiger partial charge in [-0.3, -0.25) is 4.79 Å². The fraction of sp³-hybridized carbons (Fsp3) is 0.533. The molecule has 0 radical (unpaired) electrons. The summed E-state index contributed by atoms with van der Waals surface area (Å²) in [7, 11) is -0.664. The number of carbonyl (C=O) groups excluding carboxylic acids is 1. The molecular weight excluding hydrogens is 318 g/mol. The average molecular weight is 343 g/mol. The van der Waals surface area contributed by atoms with Gasteiger partial charge < -0.3 is 15.8 Å². The van der Waals surface area contributed by atoms with E-state index >= 15 is 0 Å². The third-order valence-corrected chi connectivity index (χ3v) is 5.66. The summed E-state index contributed by atoms with van der Waals surface area (Å²) in [6.07, 6.45) is 0.358. The summed E-state index contributed by atoms with van der Waals surface area (Å²) in [6, 6.07) is 4.27. The number of nitrogens with two attached hydrogens (primary N) is 1. The maximum absolute atomic E-state index is 12.6. The number of benzene rings is 1. The minimum Gasteiger partial charge on any atom is -0.496 e. The standard InChI is InChI=1S/C15H25N3O4S/c1-5-15(19)17-10-12-8-13(6-7-14(12)22-4)23(20,21)18(3)11(2)9-16/h6-8,11H,5,9-10,16H2,1-4H3,(H,17,19). The molecule has 1 aromatic rings. The number of amides is 1. The molecule has 0 aliphatic rings. The van der Waals surface area contributed by atoms with Crippen LogP contribution in [-0.2, 0) is 21.4 Å². The predicted molar refractivity (Wildman–Crippen MR) is 88.6 cm³/mol. The molecule has 0 aliphatic heterocycles. The van der Waals surface area contributed by atoms with Gasteiger partial charge in [0.1, 0.15) is 5.75 Å². The number of hydrogen-bond acceptors (Lipinski definition) is 5. The summed E-state index contributed by atoms with van der Waals surface area (Å²) in [5, 5.41) is 2.72. The smallest absolute Gasteiger partial charge is 0.243 e. The van der Waals surface area contributed by atoms with Gasteiger partial charge in [0.05, 0.1) is 12.0 Å². The van der Waals surface area contributed by atoms with E-state index in [1.165, 1.54) is 30.6 Å². The van der Waals surface area contributed by atoms with Crippen LogP contribution in [0, 0.1) is 0 Å². The third-order valence-electron chi connectivity index (χ3n) is 3.69. The van der Waals surface area contributed by atoms with E-state index in [-0.39, 0.29) is 29.9 Å². The molecule has 7 nitrogen and oxygen atoms in total. The van der Waals surface area contributed by atoms with Crippen LogP contribution in [-0.4, -0.2) is 45.4 Å². The molecule has 1 unspecified atom stereocenters.